The molecule has 96 valence electrons. The van der Waals surface area contributed by atoms with E-state index in [1.807, 2.05) is 0 Å². The molecule has 0 aliphatic carbocycles. The van der Waals surface area contributed by atoms with Gasteiger partial charge in [-0.2, -0.15) is 0 Å². The molecular weight excluding hydrogens is 238 g/mol. The minimum absolute atomic E-state index is 0.428. The predicted octanol–water partition coefficient (Wildman–Crippen LogP) is 2.16. The third kappa shape index (κ3) is 3.63. The van der Waals surface area contributed by atoms with E-state index in [0.717, 1.165) is 6.07 Å². The van der Waals surface area contributed by atoms with E-state index in [-0.39, 0.29) is 0 Å². The maximum atomic E-state index is 12.9. The van der Waals surface area contributed by atoms with Crippen molar-refractivity contribution >= 4 is 0 Å². The van der Waals surface area contributed by atoms with Gasteiger partial charge in [0.2, 0.25) is 0 Å². The molecule has 0 spiro atoms. The molecule has 1 aromatic heterocycles. The second kappa shape index (κ2) is 5.73. The van der Waals surface area contributed by atoms with Crippen LogP contribution >= 0.6 is 0 Å². The molecule has 0 aliphatic rings. The fourth-order valence-electron chi connectivity index (χ4n) is 1.82. The van der Waals surface area contributed by atoms with Gasteiger partial charge < -0.3 is 9.67 Å². The first-order chi connectivity index (χ1) is 8.63. The summed E-state index contributed by atoms with van der Waals surface area (Å²) < 4.78 is 27.6. The lowest BCUT2D eigenvalue weighted by Crippen LogP contribution is -2.15. The molecular formula is C13H14F2N2O. The molecule has 2 rings (SSSR count). The van der Waals surface area contributed by atoms with Crippen molar-refractivity contribution in [2.75, 3.05) is 0 Å². The Hall–Kier alpha value is -1.75. The van der Waals surface area contributed by atoms with Gasteiger partial charge in [0.25, 0.3) is 0 Å². The Kier molecular flexibility index (Phi) is 4.04. The van der Waals surface area contributed by atoms with E-state index < -0.39 is 17.7 Å². The van der Waals surface area contributed by atoms with Gasteiger partial charge in [0.05, 0.1) is 12.4 Å². The number of aromatic nitrogens is 2. The number of rotatable bonds is 5. The lowest BCUT2D eigenvalue weighted by Gasteiger charge is -2.11. The maximum Gasteiger partial charge on any atom is 0.126 e. The fraction of sp³-hybridized carbons (Fsp3) is 0.308. The van der Waals surface area contributed by atoms with Gasteiger partial charge in [-0.3, -0.25) is 0 Å². The molecule has 0 saturated heterocycles. The Morgan fingerprint density at radius 2 is 1.94 bits per heavy atom. The molecule has 5 heteroatoms. The van der Waals surface area contributed by atoms with Crippen molar-refractivity contribution < 1.29 is 13.9 Å². The van der Waals surface area contributed by atoms with E-state index in [0.29, 0.717) is 24.9 Å². The highest BCUT2D eigenvalue weighted by molar-refractivity contribution is 5.18. The first-order valence-electron chi connectivity index (χ1n) is 5.72. The largest absolute Gasteiger partial charge is 0.391 e. The highest BCUT2D eigenvalue weighted by Gasteiger charge is 2.07. The summed E-state index contributed by atoms with van der Waals surface area (Å²) in [7, 11) is 0. The van der Waals surface area contributed by atoms with Gasteiger partial charge in [-0.1, -0.05) is 0 Å². The van der Waals surface area contributed by atoms with E-state index in [9.17, 15) is 13.9 Å². The van der Waals surface area contributed by atoms with Crippen LogP contribution in [0.5, 0.6) is 0 Å². The van der Waals surface area contributed by atoms with Gasteiger partial charge in [-0.25, -0.2) is 13.8 Å². The van der Waals surface area contributed by atoms with Crippen LogP contribution in [0.2, 0.25) is 0 Å². The molecule has 1 heterocycles. The Labute approximate surface area is 104 Å². The van der Waals surface area contributed by atoms with Crippen LogP contribution < -0.4 is 0 Å². The lowest BCUT2D eigenvalue weighted by atomic mass is 10.1. The van der Waals surface area contributed by atoms with Gasteiger partial charge in [-0.05, 0) is 30.5 Å². The highest BCUT2D eigenvalue weighted by atomic mass is 19.1. The maximum absolute atomic E-state index is 12.9. The molecule has 0 fully saturated rings. The predicted molar refractivity (Wildman–Crippen MR) is 62.9 cm³/mol. The molecule has 1 aromatic carbocycles. The normalized spacial score (nSPS) is 12.6. The quantitative estimate of drug-likeness (QED) is 0.885. The number of aliphatic hydroxyl groups is 1. The average Bonchev–Trinajstić information content (AvgIpc) is 2.78. The third-order valence-corrected chi connectivity index (χ3v) is 2.67. The Balaban J connectivity index is 1.87. The van der Waals surface area contributed by atoms with Crippen molar-refractivity contribution in [3.05, 3.63) is 54.1 Å². The SMILES string of the molecule is OC(CCc1cc(F)cc(F)c1)Cn1ccnc1. The molecule has 0 aliphatic heterocycles. The van der Waals surface area contributed by atoms with Gasteiger partial charge in [0, 0.05) is 25.0 Å². The summed E-state index contributed by atoms with van der Waals surface area (Å²) in [6.07, 6.45) is 5.32. The molecule has 1 atom stereocenters. The van der Waals surface area contributed by atoms with Crippen molar-refractivity contribution in [2.45, 2.75) is 25.5 Å². The number of hydrogen-bond acceptors (Lipinski definition) is 2. The summed E-state index contributed by atoms with van der Waals surface area (Å²) in [4.78, 5) is 3.87. The van der Waals surface area contributed by atoms with E-state index in [1.54, 1.807) is 23.3 Å². The number of benzene rings is 1. The number of aliphatic hydroxyl groups excluding tert-OH is 1. The molecule has 18 heavy (non-hydrogen) atoms. The van der Waals surface area contributed by atoms with Gasteiger partial charge in [-0.15, -0.1) is 0 Å². The molecule has 3 nitrogen and oxygen atoms in total. The summed E-state index contributed by atoms with van der Waals surface area (Å²) in [5.41, 5.74) is 0.553. The van der Waals surface area contributed by atoms with E-state index >= 15 is 0 Å². The Morgan fingerprint density at radius 3 is 2.56 bits per heavy atom. The van der Waals surface area contributed by atoms with Crippen molar-refractivity contribution in [1.82, 2.24) is 9.55 Å². The molecule has 0 radical (unpaired) electrons. The molecule has 1 unspecified atom stereocenters. The van der Waals surface area contributed by atoms with Crippen LogP contribution in [0.25, 0.3) is 0 Å². The minimum atomic E-state index is -0.589. The minimum Gasteiger partial charge on any atom is -0.391 e. The summed E-state index contributed by atoms with van der Waals surface area (Å²) in [6.45, 7) is 0.428. The van der Waals surface area contributed by atoms with Gasteiger partial charge in [0.1, 0.15) is 11.6 Å². The van der Waals surface area contributed by atoms with Crippen LogP contribution in [0, 0.1) is 11.6 Å². The highest BCUT2D eigenvalue weighted by Crippen LogP contribution is 2.11. The zero-order valence-electron chi connectivity index (χ0n) is 9.76. The molecule has 1 N–H and O–H groups in total. The summed E-state index contributed by atoms with van der Waals surface area (Å²) in [5.74, 6) is -1.18. The van der Waals surface area contributed by atoms with Crippen LogP contribution in [0.3, 0.4) is 0 Å². The van der Waals surface area contributed by atoms with E-state index in [4.69, 9.17) is 0 Å². The van der Waals surface area contributed by atoms with Crippen LogP contribution in [-0.2, 0) is 13.0 Å². The second-order valence-electron chi connectivity index (χ2n) is 4.23. The van der Waals surface area contributed by atoms with E-state index in [2.05, 4.69) is 4.98 Å². The second-order valence-corrected chi connectivity index (χ2v) is 4.23. The summed E-state index contributed by atoms with van der Waals surface area (Å²) in [6, 6.07) is 3.41. The topological polar surface area (TPSA) is 38.0 Å². The first kappa shape index (κ1) is 12.7. The number of aryl methyl sites for hydroxylation is 1. The van der Waals surface area contributed by atoms with Crippen LogP contribution in [-0.4, -0.2) is 20.8 Å². The summed E-state index contributed by atoms with van der Waals surface area (Å²) >= 11 is 0. The third-order valence-electron chi connectivity index (χ3n) is 2.67. The molecule has 0 bridgehead atoms. The van der Waals surface area contributed by atoms with Crippen molar-refractivity contribution in [3.8, 4) is 0 Å². The van der Waals surface area contributed by atoms with Crippen LogP contribution in [0.1, 0.15) is 12.0 Å². The van der Waals surface area contributed by atoms with Crippen LogP contribution in [0.4, 0.5) is 8.78 Å². The monoisotopic (exact) mass is 252 g/mol. The van der Waals surface area contributed by atoms with Gasteiger partial charge >= 0.3 is 0 Å². The average molecular weight is 252 g/mol. The van der Waals surface area contributed by atoms with Crippen molar-refractivity contribution in [2.24, 2.45) is 0 Å². The molecule has 0 amide bonds. The summed E-state index contributed by atoms with van der Waals surface area (Å²) in [5, 5.41) is 9.78. The fourth-order valence-corrected chi connectivity index (χ4v) is 1.82. The molecule has 2 aromatic rings. The zero-order valence-corrected chi connectivity index (χ0v) is 9.76. The first-order valence-corrected chi connectivity index (χ1v) is 5.72. The van der Waals surface area contributed by atoms with E-state index in [1.165, 1.54) is 12.1 Å². The number of nitrogens with zero attached hydrogens (tertiary/aromatic N) is 2. The van der Waals surface area contributed by atoms with Crippen molar-refractivity contribution in [3.63, 3.8) is 0 Å². The number of halogens is 2. The Bertz CT molecular complexity index is 479. The van der Waals surface area contributed by atoms with Gasteiger partial charge in [0.15, 0.2) is 0 Å². The standard InChI is InChI=1S/C13H14F2N2O/c14-11-5-10(6-12(15)7-11)1-2-13(18)8-17-4-3-16-9-17/h3-7,9,13,18H,1-2,8H2. The molecule has 0 saturated carbocycles. The smallest absolute Gasteiger partial charge is 0.126 e. The van der Waals surface area contributed by atoms with Crippen LogP contribution in [0.15, 0.2) is 36.9 Å². The van der Waals surface area contributed by atoms with Crippen molar-refractivity contribution in [1.29, 1.82) is 0 Å². The number of hydrogen-bond donors (Lipinski definition) is 1. The Morgan fingerprint density at radius 1 is 1.22 bits per heavy atom. The zero-order chi connectivity index (χ0) is 13.0. The number of imidazole rings is 1. The lowest BCUT2D eigenvalue weighted by molar-refractivity contribution is 0.144.